The van der Waals surface area contributed by atoms with E-state index in [2.05, 4.69) is 20.9 Å². The van der Waals surface area contributed by atoms with Gasteiger partial charge in [0.2, 0.25) is 0 Å². The van der Waals surface area contributed by atoms with Gasteiger partial charge in [0.05, 0.1) is 4.47 Å². The van der Waals surface area contributed by atoms with Gasteiger partial charge in [0.1, 0.15) is 11.8 Å². The molecule has 2 nitrogen and oxygen atoms in total. The van der Waals surface area contributed by atoms with Crippen LogP contribution in [-0.4, -0.2) is 4.98 Å². The monoisotopic (exact) mass is 300 g/mol. The van der Waals surface area contributed by atoms with Crippen LogP contribution in [0.4, 0.5) is 22.0 Å². The quantitative estimate of drug-likeness (QED) is 0.742. The lowest BCUT2D eigenvalue weighted by Gasteiger charge is -2.10. The molecule has 0 bridgehead atoms. The minimum atomic E-state index is -4.87. The summed E-state index contributed by atoms with van der Waals surface area (Å²) in [5.74, 6) is 0. The molecule has 0 atom stereocenters. The Labute approximate surface area is 94.8 Å². The molecular weight excluding hydrogens is 299 g/mol. The van der Waals surface area contributed by atoms with E-state index in [0.717, 1.165) is 0 Å². The molecule has 0 aliphatic carbocycles. The Morgan fingerprint density at radius 2 is 1.94 bits per heavy atom. The second kappa shape index (κ2) is 4.33. The molecule has 0 aliphatic heterocycles. The average molecular weight is 301 g/mol. The number of aromatic nitrogens is 1. The largest absolute Gasteiger partial charge is 0.433 e. The Kier molecular flexibility index (Phi) is 3.48. The van der Waals surface area contributed by atoms with Gasteiger partial charge in [-0.15, -0.1) is 0 Å². The van der Waals surface area contributed by atoms with E-state index < -0.39 is 34.0 Å². The van der Waals surface area contributed by atoms with Gasteiger partial charge in [0.15, 0.2) is 5.69 Å². The van der Waals surface area contributed by atoms with E-state index in [1.165, 1.54) is 6.07 Å². The van der Waals surface area contributed by atoms with Gasteiger partial charge >= 0.3 is 6.18 Å². The minimum Gasteiger partial charge on any atom is -0.231 e. The van der Waals surface area contributed by atoms with Crippen LogP contribution in [0.3, 0.4) is 0 Å². The van der Waals surface area contributed by atoms with Crippen LogP contribution in [0, 0.1) is 11.3 Å². The molecule has 0 N–H and O–H groups in total. The molecule has 1 aromatic heterocycles. The van der Waals surface area contributed by atoms with E-state index in [1.807, 2.05) is 0 Å². The summed E-state index contributed by atoms with van der Waals surface area (Å²) in [7, 11) is 0. The first-order valence-electron chi connectivity index (χ1n) is 3.73. The van der Waals surface area contributed by atoms with Crippen LogP contribution in [0.5, 0.6) is 0 Å². The van der Waals surface area contributed by atoms with E-state index >= 15 is 0 Å². The molecule has 0 saturated carbocycles. The van der Waals surface area contributed by atoms with Gasteiger partial charge < -0.3 is 0 Å². The number of pyridine rings is 1. The number of halogens is 6. The molecule has 86 valence electrons. The van der Waals surface area contributed by atoms with Crippen molar-refractivity contribution in [3.63, 3.8) is 0 Å². The molecule has 0 fully saturated rings. The number of hydrogen-bond donors (Lipinski definition) is 0. The third kappa shape index (κ3) is 2.47. The van der Waals surface area contributed by atoms with Crippen molar-refractivity contribution in [3.8, 4) is 6.07 Å². The van der Waals surface area contributed by atoms with Gasteiger partial charge in [-0.25, -0.2) is 13.8 Å². The predicted octanol–water partition coefficient (Wildman–Crippen LogP) is 3.67. The summed E-state index contributed by atoms with van der Waals surface area (Å²) in [6.07, 6.45) is -7.98. The van der Waals surface area contributed by atoms with Crippen LogP contribution in [0.15, 0.2) is 10.5 Å². The first-order valence-corrected chi connectivity index (χ1v) is 4.52. The van der Waals surface area contributed by atoms with Gasteiger partial charge in [0.25, 0.3) is 6.43 Å². The molecule has 0 aromatic carbocycles. The van der Waals surface area contributed by atoms with Crippen molar-refractivity contribution in [1.29, 1.82) is 5.26 Å². The highest BCUT2D eigenvalue weighted by molar-refractivity contribution is 9.10. The first-order chi connectivity index (χ1) is 7.27. The summed E-state index contributed by atoms with van der Waals surface area (Å²) < 4.78 is 61.1. The van der Waals surface area contributed by atoms with Crippen LogP contribution < -0.4 is 0 Å². The lowest BCUT2D eigenvalue weighted by atomic mass is 10.2. The zero-order valence-corrected chi connectivity index (χ0v) is 8.90. The maximum absolute atomic E-state index is 12.4. The summed E-state index contributed by atoms with van der Waals surface area (Å²) in [5, 5.41) is 8.46. The van der Waals surface area contributed by atoms with Crippen LogP contribution in [0.1, 0.15) is 23.4 Å². The lowest BCUT2D eigenvalue weighted by Crippen LogP contribution is -2.10. The first kappa shape index (κ1) is 12.8. The highest BCUT2D eigenvalue weighted by Crippen LogP contribution is 2.35. The number of nitrogens with zero attached hydrogens (tertiary/aromatic N) is 2. The van der Waals surface area contributed by atoms with E-state index in [9.17, 15) is 22.0 Å². The molecule has 16 heavy (non-hydrogen) atoms. The molecule has 8 heteroatoms. The van der Waals surface area contributed by atoms with E-state index in [1.54, 1.807) is 0 Å². The van der Waals surface area contributed by atoms with Gasteiger partial charge in [-0.2, -0.15) is 18.4 Å². The molecule has 1 rings (SSSR count). The topological polar surface area (TPSA) is 36.7 Å². The second-order valence-electron chi connectivity index (χ2n) is 2.67. The summed E-state index contributed by atoms with van der Waals surface area (Å²) >= 11 is 2.61. The van der Waals surface area contributed by atoms with Gasteiger partial charge in [-0.1, -0.05) is 0 Å². The zero-order chi connectivity index (χ0) is 12.5. The summed E-state index contributed by atoms with van der Waals surface area (Å²) in [6.45, 7) is 0. The van der Waals surface area contributed by atoms with E-state index in [4.69, 9.17) is 5.26 Å². The zero-order valence-electron chi connectivity index (χ0n) is 7.32. The molecule has 0 saturated heterocycles. The van der Waals surface area contributed by atoms with Crippen molar-refractivity contribution in [3.05, 3.63) is 27.5 Å². The third-order valence-corrected chi connectivity index (χ3v) is 2.45. The standard InChI is InChI=1S/C8H2BrF5N2/c9-6-3(7(10)11)1-5(8(12,13)14)16-4(6)2-15/h1,7H. The van der Waals surface area contributed by atoms with Crippen molar-refractivity contribution in [2.75, 3.05) is 0 Å². The Morgan fingerprint density at radius 3 is 2.31 bits per heavy atom. The fourth-order valence-corrected chi connectivity index (χ4v) is 1.39. The minimum absolute atomic E-state index is 0.218. The van der Waals surface area contributed by atoms with Crippen LogP contribution in [-0.2, 0) is 6.18 Å². The number of nitriles is 1. The fraction of sp³-hybridized carbons (Fsp3) is 0.250. The Hall–Kier alpha value is -1.23. The van der Waals surface area contributed by atoms with Crippen molar-refractivity contribution in [1.82, 2.24) is 4.98 Å². The molecule has 0 unspecified atom stereocenters. The fourth-order valence-electron chi connectivity index (χ4n) is 0.927. The van der Waals surface area contributed by atoms with Crippen LogP contribution in [0.25, 0.3) is 0 Å². The summed E-state index contributed by atoms with van der Waals surface area (Å²) in [4.78, 5) is 2.94. The summed E-state index contributed by atoms with van der Waals surface area (Å²) in [6, 6.07) is 1.53. The summed E-state index contributed by atoms with van der Waals surface area (Å²) in [5.41, 5.74) is -3.13. The van der Waals surface area contributed by atoms with Crippen molar-refractivity contribution in [2.45, 2.75) is 12.6 Å². The van der Waals surface area contributed by atoms with Gasteiger partial charge in [-0.3, -0.25) is 0 Å². The Balaban J connectivity index is 3.48. The third-order valence-electron chi connectivity index (χ3n) is 1.62. The molecular formula is C8H2BrF5N2. The normalized spacial score (nSPS) is 11.6. The second-order valence-corrected chi connectivity index (χ2v) is 3.46. The van der Waals surface area contributed by atoms with Gasteiger partial charge in [0, 0.05) is 5.56 Å². The van der Waals surface area contributed by atoms with Crippen molar-refractivity contribution < 1.29 is 22.0 Å². The SMILES string of the molecule is N#Cc1nc(C(F)(F)F)cc(C(F)F)c1Br. The highest BCUT2D eigenvalue weighted by Gasteiger charge is 2.35. The van der Waals surface area contributed by atoms with Crippen molar-refractivity contribution in [2.24, 2.45) is 0 Å². The molecule has 0 amide bonds. The van der Waals surface area contributed by atoms with E-state index in [-0.39, 0.29) is 6.07 Å². The molecule has 1 aromatic rings. The number of hydrogen-bond acceptors (Lipinski definition) is 2. The molecule has 1 heterocycles. The van der Waals surface area contributed by atoms with Crippen LogP contribution >= 0.6 is 15.9 Å². The lowest BCUT2D eigenvalue weighted by molar-refractivity contribution is -0.141. The average Bonchev–Trinajstić information content (AvgIpc) is 2.15. The molecule has 0 spiro atoms. The Bertz CT molecular complexity index is 449. The number of rotatable bonds is 1. The maximum atomic E-state index is 12.4. The Morgan fingerprint density at radius 1 is 1.38 bits per heavy atom. The smallest absolute Gasteiger partial charge is 0.231 e. The number of alkyl halides is 5. The maximum Gasteiger partial charge on any atom is 0.433 e. The molecule has 0 aliphatic rings. The van der Waals surface area contributed by atoms with Gasteiger partial charge in [-0.05, 0) is 22.0 Å². The van der Waals surface area contributed by atoms with Crippen LogP contribution in [0.2, 0.25) is 0 Å². The highest BCUT2D eigenvalue weighted by atomic mass is 79.9. The van der Waals surface area contributed by atoms with E-state index in [0.29, 0.717) is 0 Å². The van der Waals surface area contributed by atoms with Crippen molar-refractivity contribution >= 4 is 15.9 Å². The predicted molar refractivity (Wildman–Crippen MR) is 46.6 cm³/mol. The molecule has 0 radical (unpaired) electrons.